The highest BCUT2D eigenvalue weighted by molar-refractivity contribution is 6.33. The number of ether oxygens (including phenoxy) is 1. The van der Waals surface area contributed by atoms with Crippen molar-refractivity contribution in [1.29, 1.82) is 0 Å². The fourth-order valence-electron chi connectivity index (χ4n) is 1.31. The molecule has 0 unspecified atom stereocenters. The second-order valence-corrected chi connectivity index (χ2v) is 3.37. The highest BCUT2D eigenvalue weighted by Gasteiger charge is 2.11. The van der Waals surface area contributed by atoms with E-state index in [9.17, 15) is 4.79 Å². The van der Waals surface area contributed by atoms with Gasteiger partial charge >= 0.3 is 5.97 Å². The largest absolute Gasteiger partial charge is 0.462 e. The Labute approximate surface area is 91.4 Å². The molecule has 0 aliphatic rings. The van der Waals surface area contributed by atoms with E-state index >= 15 is 0 Å². The minimum absolute atomic E-state index is 0.353. The fourth-order valence-corrected chi connectivity index (χ4v) is 1.51. The molecule has 15 heavy (non-hydrogen) atoms. The number of esters is 1. The van der Waals surface area contributed by atoms with Gasteiger partial charge in [0.05, 0.1) is 22.7 Å². The van der Waals surface area contributed by atoms with Crippen LogP contribution in [0.1, 0.15) is 17.3 Å². The van der Waals surface area contributed by atoms with Gasteiger partial charge in [-0.3, -0.25) is 0 Å². The molecular formula is C10H9ClN2O2. The Morgan fingerprint density at radius 3 is 3.13 bits per heavy atom. The van der Waals surface area contributed by atoms with Crippen molar-refractivity contribution in [3.8, 4) is 0 Å². The van der Waals surface area contributed by atoms with Crippen LogP contribution in [0.3, 0.4) is 0 Å². The summed E-state index contributed by atoms with van der Waals surface area (Å²) in [5.74, 6) is -0.362. The number of nitrogens with zero attached hydrogens (tertiary/aromatic N) is 2. The molecule has 2 rings (SSSR count). The van der Waals surface area contributed by atoms with Gasteiger partial charge in [-0.1, -0.05) is 11.6 Å². The van der Waals surface area contributed by atoms with Gasteiger partial charge in [0.25, 0.3) is 0 Å². The van der Waals surface area contributed by atoms with E-state index in [1.54, 1.807) is 36.0 Å². The van der Waals surface area contributed by atoms with Crippen LogP contribution in [0.2, 0.25) is 5.02 Å². The molecule has 0 spiro atoms. The average Bonchev–Trinajstić information content (AvgIpc) is 2.63. The zero-order valence-electron chi connectivity index (χ0n) is 8.11. The van der Waals surface area contributed by atoms with Crippen molar-refractivity contribution in [3.05, 3.63) is 35.1 Å². The first-order valence-corrected chi connectivity index (χ1v) is 4.90. The summed E-state index contributed by atoms with van der Waals surface area (Å²) in [7, 11) is 0. The van der Waals surface area contributed by atoms with Crippen LogP contribution in [0.4, 0.5) is 0 Å². The molecule has 0 bridgehead atoms. The van der Waals surface area contributed by atoms with E-state index in [1.807, 2.05) is 0 Å². The summed E-state index contributed by atoms with van der Waals surface area (Å²) in [6.45, 7) is 2.12. The molecule has 0 fully saturated rings. The smallest absolute Gasteiger partial charge is 0.339 e. The van der Waals surface area contributed by atoms with E-state index in [0.29, 0.717) is 22.7 Å². The molecule has 5 heteroatoms. The van der Waals surface area contributed by atoms with Gasteiger partial charge in [0, 0.05) is 12.4 Å². The predicted molar refractivity (Wildman–Crippen MR) is 56.2 cm³/mol. The van der Waals surface area contributed by atoms with E-state index in [1.165, 1.54) is 0 Å². The first kappa shape index (κ1) is 9.98. The topological polar surface area (TPSA) is 43.6 Å². The molecule has 0 radical (unpaired) electrons. The summed E-state index contributed by atoms with van der Waals surface area (Å²) in [4.78, 5) is 11.4. The Morgan fingerprint density at radius 2 is 2.47 bits per heavy atom. The molecule has 2 heterocycles. The third kappa shape index (κ3) is 1.80. The maximum atomic E-state index is 11.4. The fraction of sp³-hybridized carbons (Fsp3) is 0.200. The molecular weight excluding hydrogens is 216 g/mol. The third-order valence-electron chi connectivity index (χ3n) is 1.97. The Morgan fingerprint density at radius 1 is 1.67 bits per heavy atom. The van der Waals surface area contributed by atoms with Crippen LogP contribution in [0, 0.1) is 0 Å². The lowest BCUT2D eigenvalue weighted by molar-refractivity contribution is 0.0526. The molecule has 0 atom stereocenters. The van der Waals surface area contributed by atoms with Crippen LogP contribution < -0.4 is 0 Å². The summed E-state index contributed by atoms with van der Waals surface area (Å²) in [6, 6.07) is 3.33. The van der Waals surface area contributed by atoms with Crippen molar-refractivity contribution < 1.29 is 9.53 Å². The van der Waals surface area contributed by atoms with Crippen molar-refractivity contribution in [2.75, 3.05) is 6.61 Å². The Hall–Kier alpha value is -1.55. The minimum atomic E-state index is -0.362. The quantitative estimate of drug-likeness (QED) is 0.735. The number of aromatic nitrogens is 2. The second-order valence-electron chi connectivity index (χ2n) is 2.96. The van der Waals surface area contributed by atoms with Gasteiger partial charge in [0.1, 0.15) is 0 Å². The van der Waals surface area contributed by atoms with Crippen molar-refractivity contribution in [3.63, 3.8) is 0 Å². The number of hydrogen-bond donors (Lipinski definition) is 0. The first-order chi connectivity index (χ1) is 7.22. The average molecular weight is 225 g/mol. The van der Waals surface area contributed by atoms with Crippen molar-refractivity contribution in [2.24, 2.45) is 0 Å². The number of hydrogen-bond acceptors (Lipinski definition) is 3. The molecule has 2 aromatic heterocycles. The lowest BCUT2D eigenvalue weighted by atomic mass is 10.3. The monoisotopic (exact) mass is 224 g/mol. The molecule has 0 aliphatic carbocycles. The summed E-state index contributed by atoms with van der Waals surface area (Å²) in [5.41, 5.74) is 1.15. The van der Waals surface area contributed by atoms with E-state index in [2.05, 4.69) is 5.10 Å². The zero-order chi connectivity index (χ0) is 10.8. The highest BCUT2D eigenvalue weighted by Crippen LogP contribution is 2.18. The SMILES string of the molecule is CCOC(=O)c1cc2c(Cl)ccnn2c1. The van der Waals surface area contributed by atoms with Crippen LogP contribution in [0.5, 0.6) is 0 Å². The predicted octanol–water partition coefficient (Wildman–Crippen LogP) is 2.16. The number of carbonyl (C=O) groups is 1. The van der Waals surface area contributed by atoms with Crippen LogP contribution in [-0.4, -0.2) is 22.2 Å². The van der Waals surface area contributed by atoms with Gasteiger partial charge in [-0.15, -0.1) is 0 Å². The molecule has 4 nitrogen and oxygen atoms in total. The van der Waals surface area contributed by atoms with Crippen LogP contribution >= 0.6 is 11.6 Å². The second kappa shape index (κ2) is 3.90. The normalized spacial score (nSPS) is 10.5. The van der Waals surface area contributed by atoms with E-state index in [0.717, 1.165) is 0 Å². The van der Waals surface area contributed by atoms with Crippen LogP contribution in [0.25, 0.3) is 5.52 Å². The van der Waals surface area contributed by atoms with E-state index in [4.69, 9.17) is 16.3 Å². The van der Waals surface area contributed by atoms with Gasteiger partial charge in [-0.25, -0.2) is 9.31 Å². The molecule has 0 aliphatic heterocycles. The van der Waals surface area contributed by atoms with Crippen molar-refractivity contribution in [1.82, 2.24) is 9.61 Å². The Kier molecular flexibility index (Phi) is 2.60. The standard InChI is InChI=1S/C10H9ClN2O2/c1-2-15-10(14)7-5-9-8(11)3-4-12-13(9)6-7/h3-6H,2H2,1H3. The molecule has 0 N–H and O–H groups in total. The Bertz CT molecular complexity index is 507. The summed E-state index contributed by atoms with van der Waals surface area (Å²) < 4.78 is 6.42. The van der Waals surface area contributed by atoms with Crippen LogP contribution in [0.15, 0.2) is 24.5 Å². The maximum absolute atomic E-state index is 11.4. The van der Waals surface area contributed by atoms with Gasteiger partial charge in [-0.2, -0.15) is 5.10 Å². The van der Waals surface area contributed by atoms with Crippen LogP contribution in [-0.2, 0) is 4.74 Å². The minimum Gasteiger partial charge on any atom is -0.462 e. The summed E-state index contributed by atoms with van der Waals surface area (Å²) >= 11 is 5.94. The Balaban J connectivity index is 2.47. The molecule has 78 valence electrons. The maximum Gasteiger partial charge on any atom is 0.339 e. The lowest BCUT2D eigenvalue weighted by Gasteiger charge is -1.96. The van der Waals surface area contributed by atoms with Crippen molar-refractivity contribution in [2.45, 2.75) is 6.92 Å². The third-order valence-corrected chi connectivity index (χ3v) is 2.29. The molecule has 0 saturated carbocycles. The highest BCUT2D eigenvalue weighted by atomic mass is 35.5. The van der Waals surface area contributed by atoms with Crippen molar-refractivity contribution >= 4 is 23.1 Å². The molecule has 0 aromatic carbocycles. The number of fused-ring (bicyclic) bond motifs is 1. The zero-order valence-corrected chi connectivity index (χ0v) is 8.86. The van der Waals surface area contributed by atoms with Gasteiger partial charge < -0.3 is 4.74 Å². The number of carbonyl (C=O) groups excluding carboxylic acids is 1. The number of rotatable bonds is 2. The molecule has 0 amide bonds. The first-order valence-electron chi connectivity index (χ1n) is 4.52. The molecule has 2 aromatic rings. The van der Waals surface area contributed by atoms with Gasteiger partial charge in [0.2, 0.25) is 0 Å². The lowest BCUT2D eigenvalue weighted by Crippen LogP contribution is -2.02. The summed E-state index contributed by atoms with van der Waals surface area (Å²) in [5, 5.41) is 4.59. The summed E-state index contributed by atoms with van der Waals surface area (Å²) in [6.07, 6.45) is 3.17. The number of halogens is 1. The van der Waals surface area contributed by atoms with E-state index < -0.39 is 0 Å². The molecule has 0 saturated heterocycles. The van der Waals surface area contributed by atoms with E-state index in [-0.39, 0.29) is 5.97 Å². The van der Waals surface area contributed by atoms with Gasteiger partial charge in [0.15, 0.2) is 0 Å². The van der Waals surface area contributed by atoms with Gasteiger partial charge in [-0.05, 0) is 19.1 Å².